The van der Waals surface area contributed by atoms with Crippen molar-refractivity contribution in [2.45, 2.75) is 45.3 Å². The molecular weight excluding hydrogens is 464 g/mol. The van der Waals surface area contributed by atoms with E-state index in [1.165, 1.54) is 0 Å². The summed E-state index contributed by atoms with van der Waals surface area (Å²) in [5, 5.41) is 3.01. The van der Waals surface area contributed by atoms with Crippen LogP contribution in [0.15, 0.2) is 78.9 Å². The van der Waals surface area contributed by atoms with Gasteiger partial charge in [0.15, 0.2) is 0 Å². The number of hydrogen-bond donors (Lipinski definition) is 1. The summed E-state index contributed by atoms with van der Waals surface area (Å²) in [4.78, 5) is 33.6. The van der Waals surface area contributed by atoms with Crippen molar-refractivity contribution in [2.24, 2.45) is 0 Å². The Bertz CT molecular complexity index is 1380. The molecule has 0 bridgehead atoms. The molecule has 1 aromatic heterocycles. The number of nitrogens with zero attached hydrogens (tertiary/aromatic N) is 3. The Labute approximate surface area is 217 Å². The Morgan fingerprint density at radius 3 is 2.46 bits per heavy atom. The van der Waals surface area contributed by atoms with Crippen LogP contribution in [0.3, 0.4) is 0 Å². The molecule has 0 aliphatic carbocycles. The Morgan fingerprint density at radius 1 is 0.973 bits per heavy atom. The lowest BCUT2D eigenvalue weighted by molar-refractivity contribution is -0.142. The van der Waals surface area contributed by atoms with Crippen LogP contribution in [0.2, 0.25) is 0 Å². The average Bonchev–Trinajstić information content (AvgIpc) is 3.31. The highest BCUT2D eigenvalue weighted by Gasteiger charge is 2.40. The molecule has 3 aromatic carbocycles. The maximum Gasteiger partial charge on any atom is 0.247 e. The fourth-order valence-electron chi connectivity index (χ4n) is 5.00. The summed E-state index contributed by atoms with van der Waals surface area (Å²) in [6.45, 7) is 5.56. The second-order valence-electron chi connectivity index (χ2n) is 9.35. The van der Waals surface area contributed by atoms with E-state index in [2.05, 4.69) is 5.32 Å². The maximum absolute atomic E-state index is 13.8. The second-order valence-corrected chi connectivity index (χ2v) is 9.35. The molecule has 37 heavy (non-hydrogen) atoms. The third kappa shape index (κ3) is 5.21. The number of aromatic nitrogens is 2. The van der Waals surface area contributed by atoms with Gasteiger partial charge in [-0.1, -0.05) is 54.6 Å². The van der Waals surface area contributed by atoms with Crippen LogP contribution in [0.1, 0.15) is 49.3 Å². The van der Waals surface area contributed by atoms with E-state index in [0.29, 0.717) is 26.1 Å². The van der Waals surface area contributed by atoms with Gasteiger partial charge in [-0.2, -0.15) is 0 Å². The predicted molar refractivity (Wildman–Crippen MR) is 143 cm³/mol. The minimum atomic E-state index is -0.646. The minimum Gasteiger partial charge on any atom is -0.494 e. The Morgan fingerprint density at radius 2 is 1.70 bits per heavy atom. The van der Waals surface area contributed by atoms with Gasteiger partial charge in [0.25, 0.3) is 0 Å². The average molecular weight is 497 g/mol. The van der Waals surface area contributed by atoms with Gasteiger partial charge in [-0.3, -0.25) is 9.59 Å². The number of carbonyl (C=O) groups is 2. The number of benzene rings is 3. The van der Waals surface area contributed by atoms with Crippen LogP contribution < -0.4 is 10.1 Å². The summed E-state index contributed by atoms with van der Waals surface area (Å²) in [5.74, 6) is 1.43. The quantitative estimate of drug-likeness (QED) is 0.360. The van der Waals surface area contributed by atoms with Crippen molar-refractivity contribution in [3.63, 3.8) is 0 Å². The molecule has 2 atom stereocenters. The monoisotopic (exact) mass is 496 g/mol. The normalized spacial score (nSPS) is 17.0. The fraction of sp³-hybridized carbons (Fsp3) is 0.300. The van der Waals surface area contributed by atoms with Crippen LogP contribution in [0.5, 0.6) is 5.75 Å². The smallest absolute Gasteiger partial charge is 0.247 e. The molecule has 0 saturated heterocycles. The van der Waals surface area contributed by atoms with Gasteiger partial charge in [0.05, 0.1) is 30.1 Å². The van der Waals surface area contributed by atoms with E-state index in [1.807, 2.05) is 102 Å². The van der Waals surface area contributed by atoms with E-state index in [9.17, 15) is 9.59 Å². The van der Waals surface area contributed by atoms with Crippen molar-refractivity contribution in [1.29, 1.82) is 0 Å². The maximum atomic E-state index is 13.8. The number of hydrogen-bond acceptors (Lipinski definition) is 4. The highest BCUT2D eigenvalue weighted by atomic mass is 16.5. The largest absolute Gasteiger partial charge is 0.494 e. The number of ether oxygens (including phenoxy) is 1. The molecule has 0 saturated carbocycles. The van der Waals surface area contributed by atoms with Crippen LogP contribution in [0.4, 0.5) is 0 Å². The molecule has 4 aromatic rings. The number of amides is 2. The summed E-state index contributed by atoms with van der Waals surface area (Å²) in [6.07, 6.45) is 0.765. The van der Waals surface area contributed by atoms with Crippen LogP contribution >= 0.6 is 0 Å². The van der Waals surface area contributed by atoms with Gasteiger partial charge in [-0.25, -0.2) is 4.98 Å². The minimum absolute atomic E-state index is 0.0614. The number of nitrogens with one attached hydrogen (secondary N) is 1. The Hall–Kier alpha value is -4.13. The molecule has 1 aliphatic rings. The van der Waals surface area contributed by atoms with Crippen molar-refractivity contribution < 1.29 is 14.3 Å². The van der Waals surface area contributed by atoms with Gasteiger partial charge in [-0.15, -0.1) is 0 Å². The van der Waals surface area contributed by atoms with Crippen LogP contribution in [-0.4, -0.2) is 39.4 Å². The van der Waals surface area contributed by atoms with Crippen LogP contribution in [0, 0.1) is 0 Å². The highest BCUT2D eigenvalue weighted by molar-refractivity contribution is 5.90. The first kappa shape index (κ1) is 24.6. The van der Waals surface area contributed by atoms with Crippen LogP contribution in [0.25, 0.3) is 11.0 Å². The molecule has 2 heterocycles. The molecule has 0 radical (unpaired) electrons. The Balaban J connectivity index is 1.33. The molecule has 7 heteroatoms. The number of imidazole rings is 1. The standard InChI is InChI=1S/C30H32N4O3/c1-3-37-24-15-13-22(14-16-24)17-18-31-28(35)19-27-30(36)33(20-23-9-5-4-6-10-23)21(2)29-32-25-11-7-8-12-26(25)34(27)29/h4-16,21,27H,3,17-20H2,1-2H3,(H,31,35)/t21-,27-/m1/s1. The molecule has 0 spiro atoms. The van der Waals surface area contributed by atoms with Gasteiger partial charge in [0.1, 0.15) is 17.6 Å². The third-order valence-corrected chi connectivity index (χ3v) is 6.89. The summed E-state index contributed by atoms with van der Waals surface area (Å²) >= 11 is 0. The van der Waals surface area contributed by atoms with Gasteiger partial charge in [0, 0.05) is 13.1 Å². The topological polar surface area (TPSA) is 76.5 Å². The lowest BCUT2D eigenvalue weighted by Crippen LogP contribution is -2.46. The number of carbonyl (C=O) groups excluding carboxylic acids is 2. The van der Waals surface area contributed by atoms with Gasteiger partial charge in [0.2, 0.25) is 11.8 Å². The van der Waals surface area contributed by atoms with Crippen molar-refractivity contribution in [3.05, 3.63) is 95.8 Å². The third-order valence-electron chi connectivity index (χ3n) is 6.89. The number of para-hydroxylation sites is 2. The summed E-state index contributed by atoms with van der Waals surface area (Å²) < 4.78 is 7.46. The van der Waals surface area contributed by atoms with Crippen molar-refractivity contribution in [3.8, 4) is 5.75 Å². The van der Waals surface area contributed by atoms with Crippen LogP contribution in [-0.2, 0) is 22.6 Å². The van der Waals surface area contributed by atoms with E-state index < -0.39 is 6.04 Å². The van der Waals surface area contributed by atoms with Crippen molar-refractivity contribution in [2.75, 3.05) is 13.2 Å². The molecule has 5 rings (SSSR count). The van der Waals surface area contributed by atoms with Gasteiger partial charge < -0.3 is 19.5 Å². The predicted octanol–water partition coefficient (Wildman–Crippen LogP) is 4.83. The molecule has 2 amide bonds. The lowest BCUT2D eigenvalue weighted by atomic mass is 10.0. The van der Waals surface area contributed by atoms with E-state index in [4.69, 9.17) is 9.72 Å². The first-order chi connectivity index (χ1) is 18.0. The molecule has 0 fully saturated rings. The molecule has 0 unspecified atom stereocenters. The van der Waals surface area contributed by atoms with Crippen molar-refractivity contribution >= 4 is 22.8 Å². The molecular formula is C30H32N4O3. The number of fused-ring (bicyclic) bond motifs is 3. The van der Waals surface area contributed by atoms with E-state index in [0.717, 1.165) is 33.7 Å². The zero-order valence-corrected chi connectivity index (χ0v) is 21.3. The first-order valence-corrected chi connectivity index (χ1v) is 12.8. The van der Waals surface area contributed by atoms with Gasteiger partial charge >= 0.3 is 0 Å². The van der Waals surface area contributed by atoms with Crippen molar-refractivity contribution in [1.82, 2.24) is 19.8 Å². The first-order valence-electron chi connectivity index (χ1n) is 12.8. The molecule has 7 nitrogen and oxygen atoms in total. The second kappa shape index (κ2) is 10.9. The summed E-state index contributed by atoms with van der Waals surface area (Å²) in [7, 11) is 0. The molecule has 1 aliphatic heterocycles. The van der Waals surface area contributed by atoms with Gasteiger partial charge in [-0.05, 0) is 55.7 Å². The summed E-state index contributed by atoms with van der Waals surface area (Å²) in [6, 6.07) is 24.8. The highest BCUT2D eigenvalue weighted by Crippen LogP contribution is 2.37. The van der Waals surface area contributed by atoms with E-state index in [-0.39, 0.29) is 24.3 Å². The molecule has 1 N–H and O–H groups in total. The molecule has 190 valence electrons. The fourth-order valence-corrected chi connectivity index (χ4v) is 5.00. The van der Waals surface area contributed by atoms with E-state index in [1.54, 1.807) is 0 Å². The zero-order chi connectivity index (χ0) is 25.8. The SMILES string of the molecule is CCOc1ccc(CCNC(=O)C[C@@H]2C(=O)N(Cc3ccccc3)[C@H](C)c3nc4ccccc4n32)cc1. The number of rotatable bonds is 9. The lowest BCUT2D eigenvalue weighted by Gasteiger charge is -2.38. The Kier molecular flexibility index (Phi) is 7.21. The summed E-state index contributed by atoms with van der Waals surface area (Å²) in [5.41, 5.74) is 3.87. The zero-order valence-electron chi connectivity index (χ0n) is 21.3. The van der Waals surface area contributed by atoms with E-state index >= 15 is 0 Å².